The van der Waals surface area contributed by atoms with Crippen molar-refractivity contribution in [2.75, 3.05) is 0 Å². The second-order valence-corrected chi connectivity index (χ2v) is 6.32. The van der Waals surface area contributed by atoms with E-state index < -0.39 is 74.3 Å². The van der Waals surface area contributed by atoms with Crippen LogP contribution in [0.5, 0.6) is 5.75 Å². The Morgan fingerprint density at radius 2 is 1.10 bits per heavy atom. The average Bonchev–Trinajstić information content (AvgIpc) is 2.57. The van der Waals surface area contributed by atoms with Gasteiger partial charge in [-0.1, -0.05) is 11.6 Å². The van der Waals surface area contributed by atoms with E-state index >= 15 is 0 Å². The monoisotopic (exact) mass is 456 g/mol. The smallest absolute Gasteiger partial charge is 0.429 e. The summed E-state index contributed by atoms with van der Waals surface area (Å²) >= 11 is 5.34. The minimum absolute atomic E-state index is 0.192. The van der Waals surface area contributed by atoms with Gasteiger partial charge >= 0.3 is 6.11 Å². The molecule has 0 aliphatic heterocycles. The zero-order valence-electron chi connectivity index (χ0n) is 14.2. The van der Waals surface area contributed by atoms with Crippen molar-refractivity contribution in [3.8, 4) is 16.9 Å². The van der Waals surface area contributed by atoms with Crippen molar-refractivity contribution in [2.24, 2.45) is 0 Å². The van der Waals surface area contributed by atoms with E-state index in [9.17, 15) is 39.5 Å². The van der Waals surface area contributed by atoms with E-state index in [1.165, 1.54) is 0 Å². The Labute approximate surface area is 167 Å². The van der Waals surface area contributed by atoms with Crippen molar-refractivity contribution in [2.45, 2.75) is 6.11 Å². The van der Waals surface area contributed by atoms with Crippen LogP contribution in [-0.4, -0.2) is 0 Å². The summed E-state index contributed by atoms with van der Waals surface area (Å²) in [4.78, 5) is 0. The topological polar surface area (TPSA) is 9.23 Å². The lowest BCUT2D eigenvalue weighted by atomic mass is 10.0. The predicted molar refractivity (Wildman–Crippen MR) is 87.6 cm³/mol. The predicted octanol–water partition coefficient (Wildman–Crippen LogP) is 7.11. The van der Waals surface area contributed by atoms with E-state index in [0.29, 0.717) is 12.1 Å². The van der Waals surface area contributed by atoms with Gasteiger partial charge in [-0.05, 0) is 29.8 Å². The SMILES string of the molecule is Fc1cc(-c2c(F)cc(OC(F)(F)c3c(F)cc(Cl)cc3F)cc2F)cc(F)c1F. The molecule has 0 amide bonds. The fourth-order valence-electron chi connectivity index (χ4n) is 2.60. The normalized spacial score (nSPS) is 11.7. The Kier molecular flexibility index (Phi) is 5.64. The first-order valence-electron chi connectivity index (χ1n) is 7.76. The molecule has 0 aliphatic carbocycles. The molecule has 0 aliphatic rings. The van der Waals surface area contributed by atoms with E-state index in [1.54, 1.807) is 0 Å². The molecule has 3 aromatic carbocycles. The van der Waals surface area contributed by atoms with Crippen molar-refractivity contribution >= 4 is 11.6 Å². The molecule has 0 N–H and O–H groups in total. The number of hydrogen-bond acceptors (Lipinski definition) is 1. The molecular weight excluding hydrogens is 451 g/mol. The third-order valence-electron chi connectivity index (χ3n) is 3.83. The van der Waals surface area contributed by atoms with Crippen molar-refractivity contribution in [3.05, 3.63) is 87.7 Å². The zero-order chi connectivity index (χ0) is 22.4. The highest BCUT2D eigenvalue weighted by molar-refractivity contribution is 6.30. The summed E-state index contributed by atoms with van der Waals surface area (Å²) in [5, 5.41) is -0.523. The van der Waals surface area contributed by atoms with E-state index in [-0.39, 0.29) is 24.3 Å². The highest BCUT2D eigenvalue weighted by Crippen LogP contribution is 2.38. The summed E-state index contributed by atoms with van der Waals surface area (Å²) in [6, 6.07) is 1.70. The van der Waals surface area contributed by atoms with Gasteiger partial charge in [0, 0.05) is 17.2 Å². The van der Waals surface area contributed by atoms with Crippen LogP contribution in [0, 0.1) is 40.7 Å². The van der Waals surface area contributed by atoms with Gasteiger partial charge in [-0.2, -0.15) is 8.78 Å². The first kappa shape index (κ1) is 21.8. The van der Waals surface area contributed by atoms with E-state index in [0.717, 1.165) is 0 Å². The van der Waals surface area contributed by atoms with Gasteiger partial charge in [0.1, 0.15) is 34.6 Å². The molecule has 11 heteroatoms. The van der Waals surface area contributed by atoms with Crippen LogP contribution < -0.4 is 4.74 Å². The maximum absolute atomic E-state index is 14.3. The van der Waals surface area contributed by atoms with Gasteiger partial charge in [-0.15, -0.1) is 0 Å². The lowest BCUT2D eigenvalue weighted by Gasteiger charge is -2.20. The molecule has 0 bridgehead atoms. The van der Waals surface area contributed by atoms with Gasteiger partial charge in [-0.25, -0.2) is 30.7 Å². The van der Waals surface area contributed by atoms with Crippen molar-refractivity contribution in [1.29, 1.82) is 0 Å². The number of alkyl halides is 2. The molecule has 30 heavy (non-hydrogen) atoms. The van der Waals surface area contributed by atoms with Crippen LogP contribution in [0.15, 0.2) is 36.4 Å². The van der Waals surface area contributed by atoms with Crippen molar-refractivity contribution in [1.82, 2.24) is 0 Å². The Morgan fingerprint density at radius 3 is 1.57 bits per heavy atom. The minimum Gasteiger partial charge on any atom is -0.429 e. The zero-order valence-corrected chi connectivity index (χ0v) is 14.9. The average molecular weight is 457 g/mol. The molecule has 0 spiro atoms. The molecule has 0 heterocycles. The summed E-state index contributed by atoms with van der Waals surface area (Å²) < 4.78 is 128. The standard InChI is InChI=1S/C19H6ClF9O/c20-8-3-12(23)17(13(24)4-8)19(28,29)30-9-5-10(21)16(11(22)6-9)7-1-14(25)18(27)15(26)2-7/h1-6H. The van der Waals surface area contributed by atoms with Crippen LogP contribution >= 0.6 is 11.6 Å². The molecule has 0 aromatic heterocycles. The molecule has 1 nitrogen and oxygen atoms in total. The van der Waals surface area contributed by atoms with Gasteiger partial charge in [0.15, 0.2) is 17.5 Å². The summed E-state index contributed by atoms with van der Waals surface area (Å²) in [7, 11) is 0. The van der Waals surface area contributed by atoms with E-state index in [2.05, 4.69) is 4.74 Å². The van der Waals surface area contributed by atoms with Crippen molar-refractivity contribution in [3.63, 3.8) is 0 Å². The molecule has 3 aromatic rings. The van der Waals surface area contributed by atoms with Gasteiger partial charge in [0.2, 0.25) is 0 Å². The lowest BCUT2D eigenvalue weighted by Crippen LogP contribution is -2.25. The molecule has 158 valence electrons. The molecule has 0 unspecified atom stereocenters. The number of hydrogen-bond donors (Lipinski definition) is 0. The summed E-state index contributed by atoms with van der Waals surface area (Å²) in [5.74, 6) is -13.4. The van der Waals surface area contributed by atoms with Crippen LogP contribution in [-0.2, 0) is 6.11 Å². The number of ether oxygens (including phenoxy) is 1. The first-order valence-corrected chi connectivity index (χ1v) is 8.14. The minimum atomic E-state index is -4.72. The molecule has 0 saturated carbocycles. The van der Waals surface area contributed by atoms with Gasteiger partial charge in [0.25, 0.3) is 0 Å². The van der Waals surface area contributed by atoms with Crippen LogP contribution in [0.25, 0.3) is 11.1 Å². The molecule has 3 rings (SSSR count). The number of benzene rings is 3. The van der Waals surface area contributed by atoms with Gasteiger partial charge in [0.05, 0.1) is 5.56 Å². The maximum Gasteiger partial charge on any atom is 0.432 e. The number of rotatable bonds is 4. The summed E-state index contributed by atoms with van der Waals surface area (Å²) in [6.07, 6.45) is -4.72. The van der Waals surface area contributed by atoms with E-state index in [1.807, 2.05) is 0 Å². The van der Waals surface area contributed by atoms with Gasteiger partial charge in [-0.3, -0.25) is 0 Å². The van der Waals surface area contributed by atoms with Crippen LogP contribution in [0.2, 0.25) is 5.02 Å². The molecule has 0 radical (unpaired) electrons. The summed E-state index contributed by atoms with van der Waals surface area (Å²) in [5.41, 5.74) is -3.71. The van der Waals surface area contributed by atoms with Crippen LogP contribution in [0.1, 0.15) is 5.56 Å². The maximum atomic E-state index is 14.3. The summed E-state index contributed by atoms with van der Waals surface area (Å²) in [6.45, 7) is 0. The Balaban J connectivity index is 2.02. The number of halogens is 10. The van der Waals surface area contributed by atoms with Crippen LogP contribution in [0.3, 0.4) is 0 Å². The third kappa shape index (κ3) is 4.04. The van der Waals surface area contributed by atoms with Crippen molar-refractivity contribution < 1.29 is 44.3 Å². The first-order chi connectivity index (χ1) is 13.9. The Morgan fingerprint density at radius 1 is 0.633 bits per heavy atom. The molecular formula is C19H6ClF9O. The molecule has 0 saturated heterocycles. The highest BCUT2D eigenvalue weighted by Gasteiger charge is 2.41. The fourth-order valence-corrected chi connectivity index (χ4v) is 2.80. The Bertz CT molecular complexity index is 1080. The fraction of sp³-hybridized carbons (Fsp3) is 0.0526. The second kappa shape index (κ2) is 7.75. The highest BCUT2D eigenvalue weighted by atomic mass is 35.5. The van der Waals surface area contributed by atoms with Crippen LogP contribution in [0.4, 0.5) is 39.5 Å². The Hall–Kier alpha value is -2.88. The van der Waals surface area contributed by atoms with Gasteiger partial charge < -0.3 is 4.74 Å². The quantitative estimate of drug-likeness (QED) is 0.300. The lowest BCUT2D eigenvalue weighted by molar-refractivity contribution is -0.189. The third-order valence-corrected chi connectivity index (χ3v) is 4.05. The molecule has 0 atom stereocenters. The van der Waals surface area contributed by atoms with E-state index in [4.69, 9.17) is 11.6 Å². The largest absolute Gasteiger partial charge is 0.432 e. The molecule has 0 fully saturated rings. The second-order valence-electron chi connectivity index (χ2n) is 5.88.